The van der Waals surface area contributed by atoms with Crippen molar-refractivity contribution in [2.75, 3.05) is 19.8 Å². The minimum Gasteiger partial charge on any atom is -0.381 e. The van der Waals surface area contributed by atoms with E-state index in [2.05, 4.69) is 13.8 Å². The number of nitrogens with one attached hydrogen (secondary N) is 1. The Hall–Kier alpha value is 0.520. The highest BCUT2D eigenvalue weighted by atomic mass is 31.2. The van der Waals surface area contributed by atoms with Gasteiger partial charge >= 0.3 is 30.4 Å². The highest BCUT2D eigenvalue weighted by Gasteiger charge is 2.50. The van der Waals surface area contributed by atoms with Gasteiger partial charge in [0.15, 0.2) is 5.40 Å². The third-order valence-corrected chi connectivity index (χ3v) is 11.9. The van der Waals surface area contributed by atoms with Crippen molar-refractivity contribution in [2.24, 2.45) is 11.8 Å². The van der Waals surface area contributed by atoms with Gasteiger partial charge in [0.25, 0.3) is 0 Å². The average molecular weight is 549 g/mol. The number of rotatable bonds is 17. The summed E-state index contributed by atoms with van der Waals surface area (Å²) >= 11 is 0. The summed E-state index contributed by atoms with van der Waals surface area (Å²) in [5.74, 6) is -1.14. The summed E-state index contributed by atoms with van der Waals surface area (Å²) in [7, 11) is -21.7. The van der Waals surface area contributed by atoms with Crippen LogP contribution < -0.4 is 5.32 Å². The molecule has 0 saturated heterocycles. The first-order valence-corrected chi connectivity index (χ1v) is 16.5. The first-order chi connectivity index (χ1) is 14.3. The minimum absolute atomic E-state index is 0.0909. The second-order valence-corrected chi connectivity index (χ2v) is 15.7. The summed E-state index contributed by atoms with van der Waals surface area (Å²) in [5.41, 5.74) is -2.72. The fourth-order valence-electron chi connectivity index (χ4n) is 3.03. The van der Waals surface area contributed by atoms with Crippen molar-refractivity contribution in [1.29, 1.82) is 0 Å². The van der Waals surface area contributed by atoms with Crippen LogP contribution in [0.25, 0.3) is 0 Å². The third-order valence-electron chi connectivity index (χ3n) is 4.46. The van der Waals surface area contributed by atoms with E-state index in [0.29, 0.717) is 12.3 Å². The molecule has 1 unspecified atom stereocenters. The van der Waals surface area contributed by atoms with Gasteiger partial charge in [0.1, 0.15) is 0 Å². The van der Waals surface area contributed by atoms with E-state index in [1.807, 2.05) is 5.32 Å². The van der Waals surface area contributed by atoms with Gasteiger partial charge in [0.05, 0.1) is 6.61 Å². The molecule has 9 N–H and O–H groups in total. The maximum atomic E-state index is 11.7. The molecule has 194 valence electrons. The van der Waals surface area contributed by atoms with Crippen molar-refractivity contribution in [3.05, 3.63) is 0 Å². The van der Waals surface area contributed by atoms with Gasteiger partial charge < -0.3 is 43.9 Å². The van der Waals surface area contributed by atoms with Crippen LogP contribution in [0.1, 0.15) is 46.0 Å². The standard InChI is InChI=1S/C14H35NO13P4/c1-11(2)7-5-3-4-6-8-28-10-12(13(29(16,17)18)30(19,20)21)9-15-14(31(22,23)24)32(25,26)27/h11-15H,3-10H2,1-2H3,(H2,16,17,18)(H2,19,20,21)(H2,22,23,24)(H2,25,26,27). The van der Waals surface area contributed by atoms with Gasteiger partial charge in [-0.3, -0.25) is 23.6 Å². The fourth-order valence-corrected chi connectivity index (χ4v) is 8.33. The molecule has 0 aliphatic heterocycles. The van der Waals surface area contributed by atoms with Gasteiger partial charge in [-0.2, -0.15) is 0 Å². The van der Waals surface area contributed by atoms with Crippen LogP contribution >= 0.6 is 30.4 Å². The molecule has 0 bridgehead atoms. The van der Waals surface area contributed by atoms with Gasteiger partial charge in [-0.25, -0.2) is 0 Å². The lowest BCUT2D eigenvalue weighted by Crippen LogP contribution is -2.39. The molecule has 1 atom stereocenters. The molecule has 0 heterocycles. The zero-order valence-electron chi connectivity index (χ0n) is 17.9. The van der Waals surface area contributed by atoms with Gasteiger partial charge in [-0.1, -0.05) is 39.5 Å². The van der Waals surface area contributed by atoms with E-state index in [1.165, 1.54) is 0 Å². The molecule has 0 rings (SSSR count). The first kappa shape index (κ1) is 32.5. The van der Waals surface area contributed by atoms with E-state index in [4.69, 9.17) is 24.3 Å². The molecule has 0 aliphatic rings. The van der Waals surface area contributed by atoms with Crippen molar-refractivity contribution in [3.63, 3.8) is 0 Å². The summed E-state index contributed by atoms with van der Waals surface area (Å²) in [6, 6.07) is 0. The summed E-state index contributed by atoms with van der Waals surface area (Å²) < 4.78 is 51.5. The van der Waals surface area contributed by atoms with Crippen LogP contribution in [-0.4, -0.2) is 69.8 Å². The van der Waals surface area contributed by atoms with Crippen LogP contribution in [0.3, 0.4) is 0 Å². The molecule has 14 nitrogen and oxygen atoms in total. The molecular formula is C14H35NO13P4. The maximum Gasteiger partial charge on any atom is 0.354 e. The zero-order chi connectivity index (χ0) is 25.4. The van der Waals surface area contributed by atoms with Crippen LogP contribution in [0.5, 0.6) is 0 Å². The smallest absolute Gasteiger partial charge is 0.354 e. The number of hydrogen-bond acceptors (Lipinski definition) is 6. The Kier molecular flexibility index (Phi) is 13.8. The third kappa shape index (κ3) is 13.4. The number of hydrogen-bond donors (Lipinski definition) is 9. The Bertz CT molecular complexity index is 695. The second kappa shape index (κ2) is 13.6. The van der Waals surface area contributed by atoms with Crippen molar-refractivity contribution in [1.82, 2.24) is 5.32 Å². The molecule has 0 aromatic rings. The first-order valence-electron chi connectivity index (χ1n) is 9.80. The van der Waals surface area contributed by atoms with E-state index in [1.54, 1.807) is 0 Å². The molecule has 0 fully saturated rings. The summed E-state index contributed by atoms with van der Waals surface area (Å²) in [6.07, 6.45) is 4.33. The number of unbranched alkanes of at least 4 members (excludes halogenated alkanes) is 3. The van der Waals surface area contributed by atoms with Crippen LogP contribution in [-0.2, 0) is 23.0 Å². The molecule has 32 heavy (non-hydrogen) atoms. The van der Waals surface area contributed by atoms with Crippen LogP contribution in [0.4, 0.5) is 0 Å². The Labute approximate surface area is 186 Å². The SMILES string of the molecule is CC(C)CCCCCCOCC(CNC(P(=O)(O)O)P(=O)(O)O)C(P(=O)(O)O)P(=O)(O)O. The fraction of sp³-hybridized carbons (Fsp3) is 1.00. The van der Waals surface area contributed by atoms with Crippen molar-refractivity contribution >= 4 is 30.4 Å². The lowest BCUT2D eigenvalue weighted by Gasteiger charge is -2.30. The molecule has 0 aliphatic carbocycles. The van der Waals surface area contributed by atoms with Gasteiger partial charge in [-0.15, -0.1) is 0 Å². The van der Waals surface area contributed by atoms with E-state index in [-0.39, 0.29) is 6.61 Å². The van der Waals surface area contributed by atoms with Crippen molar-refractivity contribution < 1.29 is 62.1 Å². The molecule has 0 amide bonds. The maximum absolute atomic E-state index is 11.7. The molecule has 0 spiro atoms. The molecular weight excluding hydrogens is 514 g/mol. The lowest BCUT2D eigenvalue weighted by molar-refractivity contribution is 0.0944. The van der Waals surface area contributed by atoms with Gasteiger partial charge in [-0.05, 0) is 12.3 Å². The normalized spacial score (nSPS) is 15.2. The topological polar surface area (TPSA) is 251 Å². The predicted molar refractivity (Wildman–Crippen MR) is 116 cm³/mol. The second-order valence-electron chi connectivity index (χ2n) is 7.98. The molecule has 18 heteroatoms. The van der Waals surface area contributed by atoms with Gasteiger partial charge in [0, 0.05) is 19.1 Å². The van der Waals surface area contributed by atoms with E-state index in [9.17, 15) is 37.8 Å². The molecule has 0 radical (unpaired) electrons. The monoisotopic (exact) mass is 549 g/mol. The minimum atomic E-state index is -5.45. The van der Waals surface area contributed by atoms with Gasteiger partial charge in [0.2, 0.25) is 5.52 Å². The summed E-state index contributed by atoms with van der Waals surface area (Å²) in [4.78, 5) is 74.4. The summed E-state index contributed by atoms with van der Waals surface area (Å²) in [5, 5.41) is -0.784. The highest BCUT2D eigenvalue weighted by Crippen LogP contribution is 2.63. The average Bonchev–Trinajstić information content (AvgIpc) is 2.51. The predicted octanol–water partition coefficient (Wildman–Crippen LogP) is 1.14. The molecule has 0 aromatic carbocycles. The zero-order valence-corrected chi connectivity index (χ0v) is 21.5. The van der Waals surface area contributed by atoms with Crippen LogP contribution in [0.2, 0.25) is 0 Å². The molecule has 0 aromatic heterocycles. The van der Waals surface area contributed by atoms with Crippen LogP contribution in [0.15, 0.2) is 0 Å². The Morgan fingerprint density at radius 1 is 0.719 bits per heavy atom. The molecule has 0 saturated carbocycles. The number of ether oxygens (including phenoxy) is 1. The van der Waals surface area contributed by atoms with E-state index >= 15 is 0 Å². The Morgan fingerprint density at radius 3 is 1.59 bits per heavy atom. The van der Waals surface area contributed by atoms with E-state index < -0.39 is 60.4 Å². The van der Waals surface area contributed by atoms with Crippen molar-refractivity contribution in [3.8, 4) is 0 Å². The van der Waals surface area contributed by atoms with Crippen molar-refractivity contribution in [2.45, 2.75) is 56.9 Å². The van der Waals surface area contributed by atoms with Crippen LogP contribution in [0, 0.1) is 11.8 Å². The Balaban J connectivity index is 5.26. The largest absolute Gasteiger partial charge is 0.381 e. The summed E-state index contributed by atoms with van der Waals surface area (Å²) in [6.45, 7) is 2.71. The Morgan fingerprint density at radius 2 is 1.19 bits per heavy atom. The highest BCUT2D eigenvalue weighted by molar-refractivity contribution is 7.71. The van der Waals surface area contributed by atoms with E-state index in [0.717, 1.165) is 25.7 Å². The lowest BCUT2D eigenvalue weighted by atomic mass is 10.0. The quantitative estimate of drug-likeness (QED) is 0.0911.